The number of unbranched alkanes of at least 4 members (excludes halogenated alkanes) is 9. The van der Waals surface area contributed by atoms with Crippen molar-refractivity contribution in [1.29, 1.82) is 0 Å². The van der Waals surface area contributed by atoms with Gasteiger partial charge in [0.25, 0.3) is 0 Å². The van der Waals surface area contributed by atoms with Crippen LogP contribution in [0.5, 0.6) is 0 Å². The van der Waals surface area contributed by atoms with Gasteiger partial charge in [-0.3, -0.25) is 4.79 Å². The predicted octanol–water partition coefficient (Wildman–Crippen LogP) is 8.27. The van der Waals surface area contributed by atoms with Gasteiger partial charge in [0.05, 0.1) is 0 Å². The normalized spacial score (nSPS) is 17.5. The van der Waals surface area contributed by atoms with Gasteiger partial charge in [-0.15, -0.1) is 0 Å². The van der Waals surface area contributed by atoms with Crippen LogP contribution in [0.2, 0.25) is 0 Å². The van der Waals surface area contributed by atoms with Crippen LogP contribution in [0.15, 0.2) is 0 Å². The maximum Gasteiger partial charge on any atom is 0.318 e. The van der Waals surface area contributed by atoms with Gasteiger partial charge in [-0.05, 0) is 39.5 Å². The Morgan fingerprint density at radius 2 is 1.27 bits per heavy atom. The van der Waals surface area contributed by atoms with Gasteiger partial charge >= 0.3 is 5.97 Å². The van der Waals surface area contributed by atoms with E-state index in [1.807, 2.05) is 13.8 Å². The summed E-state index contributed by atoms with van der Waals surface area (Å²) in [6.07, 6.45) is 17.2. The molecule has 0 N–H and O–H groups in total. The Morgan fingerprint density at radius 1 is 0.733 bits per heavy atom. The summed E-state index contributed by atoms with van der Waals surface area (Å²) in [5.74, 6) is -0.893. The lowest BCUT2D eigenvalue weighted by Crippen LogP contribution is -2.48. The number of rotatable bonds is 19. The summed E-state index contributed by atoms with van der Waals surface area (Å²) in [6.45, 7) is 12.7. The van der Waals surface area contributed by atoms with E-state index in [2.05, 4.69) is 27.7 Å². The zero-order chi connectivity index (χ0) is 22.5. The lowest BCUT2D eigenvalue weighted by molar-refractivity contribution is -0.177. The molecule has 0 radical (unpaired) electrons. The molecule has 1 saturated heterocycles. The first kappa shape index (κ1) is 27.4. The third-order valence-electron chi connectivity index (χ3n) is 6.87. The molecule has 1 unspecified atom stereocenters. The lowest BCUT2D eigenvalue weighted by Gasteiger charge is -2.37. The van der Waals surface area contributed by atoms with Crippen molar-refractivity contribution in [3.8, 4) is 0 Å². The summed E-state index contributed by atoms with van der Waals surface area (Å²) in [5.41, 5.74) is -1.15. The number of hydrogen-bond donors (Lipinski definition) is 0. The van der Waals surface area contributed by atoms with Gasteiger partial charge in [-0.25, -0.2) is 0 Å². The topological polar surface area (TPSA) is 51.4 Å². The van der Waals surface area contributed by atoms with E-state index in [4.69, 9.17) is 14.5 Å². The lowest BCUT2D eigenvalue weighted by atomic mass is 9.70. The summed E-state index contributed by atoms with van der Waals surface area (Å²) < 4.78 is 6.07. The van der Waals surface area contributed by atoms with Gasteiger partial charge in [-0.2, -0.15) is 9.78 Å². The highest BCUT2D eigenvalue weighted by Gasteiger charge is 2.68. The Balaban J connectivity index is 2.92. The Bertz CT molecular complexity index is 470. The van der Waals surface area contributed by atoms with Crippen molar-refractivity contribution in [2.75, 3.05) is 0 Å². The van der Waals surface area contributed by atoms with Crippen molar-refractivity contribution in [2.24, 2.45) is 5.41 Å². The van der Waals surface area contributed by atoms with Crippen molar-refractivity contribution in [1.82, 2.24) is 0 Å². The van der Waals surface area contributed by atoms with E-state index in [0.717, 1.165) is 57.8 Å². The highest BCUT2D eigenvalue weighted by Crippen LogP contribution is 2.56. The minimum absolute atomic E-state index is 0.115. The second-order valence-electron chi connectivity index (χ2n) is 9.94. The number of ether oxygens (including phenoxy) is 1. The number of hydrogen-bond acceptors (Lipinski definition) is 4. The van der Waals surface area contributed by atoms with Gasteiger partial charge in [0.15, 0.2) is 0 Å². The van der Waals surface area contributed by atoms with Crippen LogP contribution < -0.4 is 0 Å². The first-order valence-corrected chi connectivity index (χ1v) is 12.9. The highest BCUT2D eigenvalue weighted by molar-refractivity contribution is 5.79. The molecule has 1 aliphatic rings. The molecule has 0 spiro atoms. The number of carbonyl (C=O) groups excluding carboxylic acids is 1. The fourth-order valence-electron chi connectivity index (χ4n) is 4.41. The predicted molar refractivity (Wildman–Crippen MR) is 124 cm³/mol. The fraction of sp³-hybridized carbons (Fsp3) is 0.962. The molecule has 1 heterocycles. The molecule has 0 saturated carbocycles. The number of carbonyl (C=O) groups is 1. The molecule has 1 aliphatic heterocycles. The fourth-order valence-corrected chi connectivity index (χ4v) is 4.41. The average molecular weight is 427 g/mol. The third-order valence-corrected chi connectivity index (χ3v) is 6.87. The van der Waals surface area contributed by atoms with Crippen molar-refractivity contribution >= 4 is 5.97 Å². The summed E-state index contributed by atoms with van der Waals surface area (Å²) >= 11 is 0. The van der Waals surface area contributed by atoms with Gasteiger partial charge in [0.2, 0.25) is 5.79 Å². The Morgan fingerprint density at radius 3 is 1.77 bits per heavy atom. The van der Waals surface area contributed by atoms with E-state index < -0.39 is 16.8 Å². The van der Waals surface area contributed by atoms with Crippen LogP contribution in [0.25, 0.3) is 0 Å². The van der Waals surface area contributed by atoms with Crippen LogP contribution in [0.4, 0.5) is 0 Å². The minimum Gasteiger partial charge on any atom is -0.459 e. The molecule has 30 heavy (non-hydrogen) atoms. The standard InChI is InChI=1S/C26H50O4/c1-7-11-13-15-17-18-21-25(20-9-3,23(27)28-24(5,6)10-4)26(29-30-26)22-19-16-14-12-8-2/h7-22H2,1-6H3. The van der Waals surface area contributed by atoms with Gasteiger partial charge in [-0.1, -0.05) is 98.3 Å². The molecule has 0 amide bonds. The van der Waals surface area contributed by atoms with Crippen LogP contribution >= 0.6 is 0 Å². The second-order valence-corrected chi connectivity index (χ2v) is 9.94. The van der Waals surface area contributed by atoms with E-state index in [9.17, 15) is 4.79 Å². The van der Waals surface area contributed by atoms with E-state index in [-0.39, 0.29) is 5.97 Å². The third kappa shape index (κ3) is 8.15. The molecule has 0 aromatic heterocycles. The van der Waals surface area contributed by atoms with Gasteiger partial charge < -0.3 is 4.74 Å². The summed E-state index contributed by atoms with van der Waals surface area (Å²) in [4.78, 5) is 25.0. The Kier molecular flexibility index (Phi) is 12.5. The van der Waals surface area contributed by atoms with E-state index in [1.54, 1.807) is 0 Å². The second kappa shape index (κ2) is 13.7. The van der Waals surface area contributed by atoms with Crippen LogP contribution in [0, 0.1) is 5.41 Å². The first-order chi connectivity index (χ1) is 14.3. The summed E-state index contributed by atoms with van der Waals surface area (Å²) in [7, 11) is 0. The first-order valence-electron chi connectivity index (χ1n) is 12.9. The van der Waals surface area contributed by atoms with Crippen LogP contribution in [0.3, 0.4) is 0 Å². The molecular weight excluding hydrogens is 376 g/mol. The largest absolute Gasteiger partial charge is 0.459 e. The Labute approximate surface area is 186 Å². The molecule has 0 aromatic carbocycles. The molecule has 1 fully saturated rings. The molecular formula is C26H50O4. The monoisotopic (exact) mass is 426 g/mol. The SMILES string of the molecule is CCCCCCCCC(CCC)(C(=O)OC(C)(C)CC)C1(CCCCCCC)OO1. The summed E-state index contributed by atoms with van der Waals surface area (Å²) in [5, 5.41) is 0. The van der Waals surface area contributed by atoms with Crippen LogP contribution in [0.1, 0.15) is 144 Å². The van der Waals surface area contributed by atoms with E-state index >= 15 is 0 Å². The molecule has 1 rings (SSSR count). The average Bonchev–Trinajstić information content (AvgIpc) is 3.50. The molecule has 0 aromatic rings. The zero-order valence-corrected chi connectivity index (χ0v) is 20.9. The minimum atomic E-state index is -0.778. The van der Waals surface area contributed by atoms with Gasteiger partial charge in [0.1, 0.15) is 11.0 Å². The maximum absolute atomic E-state index is 13.6. The van der Waals surface area contributed by atoms with Crippen molar-refractivity contribution < 1.29 is 19.3 Å². The highest BCUT2D eigenvalue weighted by atomic mass is 17.4. The van der Waals surface area contributed by atoms with Crippen LogP contribution in [-0.4, -0.2) is 17.4 Å². The molecule has 0 aliphatic carbocycles. The smallest absolute Gasteiger partial charge is 0.318 e. The van der Waals surface area contributed by atoms with E-state index in [0.29, 0.717) is 0 Å². The molecule has 4 nitrogen and oxygen atoms in total. The molecule has 0 bridgehead atoms. The quantitative estimate of drug-likeness (QED) is 0.0902. The van der Waals surface area contributed by atoms with Crippen molar-refractivity contribution in [3.05, 3.63) is 0 Å². The molecule has 4 heteroatoms. The van der Waals surface area contributed by atoms with Crippen LogP contribution in [-0.2, 0) is 19.3 Å². The Hall–Kier alpha value is -0.610. The van der Waals surface area contributed by atoms with Gasteiger partial charge in [0, 0.05) is 6.42 Å². The molecule has 178 valence electrons. The zero-order valence-electron chi connectivity index (χ0n) is 20.9. The maximum atomic E-state index is 13.6. The van der Waals surface area contributed by atoms with Crippen molar-refractivity contribution in [2.45, 2.75) is 156 Å². The van der Waals surface area contributed by atoms with E-state index in [1.165, 1.54) is 44.9 Å². The number of esters is 1. The van der Waals surface area contributed by atoms with Crippen molar-refractivity contribution in [3.63, 3.8) is 0 Å². The summed E-state index contributed by atoms with van der Waals surface area (Å²) in [6, 6.07) is 0. The molecule has 1 atom stereocenters.